The summed E-state index contributed by atoms with van der Waals surface area (Å²) in [7, 11) is 0. The Morgan fingerprint density at radius 1 is 0.933 bits per heavy atom. The molecule has 0 rings (SSSR count). The van der Waals surface area contributed by atoms with Gasteiger partial charge in [0.2, 0.25) is 23.6 Å². The highest BCUT2D eigenvalue weighted by molar-refractivity contribution is 7.80. The highest BCUT2D eigenvalue weighted by atomic mass is 32.1. The lowest BCUT2D eigenvalue weighted by Gasteiger charge is -2.25. The molecule has 0 aliphatic carbocycles. The molecule has 4 unspecified atom stereocenters. The lowest BCUT2D eigenvalue weighted by molar-refractivity contribution is -0.141. The number of carbonyl (C=O) groups excluding carboxylic acids is 4. The number of thiol groups is 1. The average Bonchev–Trinajstić information content (AvgIpc) is 2.66. The highest BCUT2D eigenvalue weighted by Crippen LogP contribution is 2.06. The van der Waals surface area contributed by atoms with Crippen molar-refractivity contribution in [2.45, 2.75) is 57.3 Å². The Hall–Kier alpha value is -2.38. The van der Waals surface area contributed by atoms with Gasteiger partial charge in [-0.2, -0.15) is 12.6 Å². The molecule has 0 aliphatic heterocycles. The van der Waals surface area contributed by atoms with Gasteiger partial charge in [0.05, 0.1) is 12.6 Å². The smallest absolute Gasteiger partial charge is 0.327 e. The first kappa shape index (κ1) is 27.6. The molecule has 0 bridgehead atoms. The number of hydrogen-bond donors (Lipinski definition) is 8. The Morgan fingerprint density at radius 3 is 1.87 bits per heavy atom. The standard InChI is InChI=1S/C17H31N5O7S/c1-8(2)5-10(15(26)22-12(7-30)17(28)29)20-16(27)11(6-23)21-14(25)9(18)3-4-13(19)24/h8-12,23,30H,3-7,18H2,1-2H3,(H2,19,24)(H,20,27)(H,21,25)(H,22,26)(H,28,29). The number of primary amides is 1. The Morgan fingerprint density at radius 2 is 1.43 bits per heavy atom. The average molecular weight is 450 g/mol. The van der Waals surface area contributed by atoms with E-state index in [1.165, 1.54) is 0 Å². The van der Waals surface area contributed by atoms with Crippen LogP contribution in [0.25, 0.3) is 0 Å². The number of amides is 4. The van der Waals surface area contributed by atoms with Crippen LogP contribution >= 0.6 is 12.6 Å². The molecule has 0 radical (unpaired) electrons. The van der Waals surface area contributed by atoms with Crippen molar-refractivity contribution in [3.8, 4) is 0 Å². The molecule has 0 fully saturated rings. The van der Waals surface area contributed by atoms with Crippen LogP contribution in [0.5, 0.6) is 0 Å². The van der Waals surface area contributed by atoms with Crippen molar-refractivity contribution in [1.29, 1.82) is 0 Å². The van der Waals surface area contributed by atoms with Gasteiger partial charge in [0.15, 0.2) is 0 Å². The van der Waals surface area contributed by atoms with Crippen molar-refractivity contribution in [2.75, 3.05) is 12.4 Å². The number of carbonyl (C=O) groups is 5. The van der Waals surface area contributed by atoms with Gasteiger partial charge in [-0.3, -0.25) is 19.2 Å². The molecular weight excluding hydrogens is 418 g/mol. The monoisotopic (exact) mass is 449 g/mol. The van der Waals surface area contributed by atoms with E-state index in [2.05, 4.69) is 28.6 Å². The number of rotatable bonds is 14. The summed E-state index contributed by atoms with van der Waals surface area (Å²) in [6.07, 6.45) is 0.0113. The van der Waals surface area contributed by atoms with E-state index < -0.39 is 60.4 Å². The molecule has 12 nitrogen and oxygen atoms in total. The van der Waals surface area contributed by atoms with E-state index in [-0.39, 0.29) is 30.9 Å². The molecule has 0 aromatic carbocycles. The van der Waals surface area contributed by atoms with Crippen molar-refractivity contribution in [2.24, 2.45) is 17.4 Å². The zero-order chi connectivity index (χ0) is 23.4. The molecule has 4 amide bonds. The third-order valence-electron chi connectivity index (χ3n) is 3.99. The highest BCUT2D eigenvalue weighted by Gasteiger charge is 2.30. The Labute approximate surface area is 179 Å². The summed E-state index contributed by atoms with van der Waals surface area (Å²) < 4.78 is 0. The minimum absolute atomic E-state index is 0.0373. The molecule has 4 atom stereocenters. The predicted molar refractivity (Wildman–Crippen MR) is 110 cm³/mol. The van der Waals surface area contributed by atoms with Crippen molar-refractivity contribution >= 4 is 42.2 Å². The SMILES string of the molecule is CC(C)CC(NC(=O)C(CO)NC(=O)C(N)CCC(N)=O)C(=O)NC(CS)C(=O)O. The molecule has 13 heteroatoms. The van der Waals surface area contributed by atoms with Crippen LogP contribution < -0.4 is 27.4 Å². The zero-order valence-electron chi connectivity index (χ0n) is 17.0. The van der Waals surface area contributed by atoms with Crippen molar-refractivity contribution in [3.63, 3.8) is 0 Å². The summed E-state index contributed by atoms with van der Waals surface area (Å²) in [5, 5.41) is 25.4. The van der Waals surface area contributed by atoms with E-state index in [4.69, 9.17) is 16.6 Å². The van der Waals surface area contributed by atoms with Crippen molar-refractivity contribution in [1.82, 2.24) is 16.0 Å². The van der Waals surface area contributed by atoms with Gasteiger partial charge in [0.1, 0.15) is 18.1 Å². The Balaban J connectivity index is 5.12. The molecule has 0 saturated heterocycles. The van der Waals surface area contributed by atoms with Crippen LogP contribution in [0.1, 0.15) is 33.1 Å². The molecule has 0 aliphatic rings. The number of hydrogen-bond acceptors (Lipinski definition) is 8. The number of nitrogens with one attached hydrogen (secondary N) is 3. The fraction of sp³-hybridized carbons (Fsp3) is 0.706. The van der Waals surface area contributed by atoms with E-state index in [0.29, 0.717) is 0 Å². The maximum absolute atomic E-state index is 12.5. The van der Waals surface area contributed by atoms with Crippen LogP contribution in [0.2, 0.25) is 0 Å². The van der Waals surface area contributed by atoms with Crippen LogP contribution in [0.3, 0.4) is 0 Å². The number of carboxylic acids is 1. The first-order chi connectivity index (χ1) is 13.9. The lowest BCUT2D eigenvalue weighted by Crippen LogP contribution is -2.58. The molecule has 0 spiro atoms. The molecule has 9 N–H and O–H groups in total. The topological polar surface area (TPSA) is 214 Å². The summed E-state index contributed by atoms with van der Waals surface area (Å²) in [5.41, 5.74) is 10.6. The third-order valence-corrected chi connectivity index (χ3v) is 4.36. The van der Waals surface area contributed by atoms with Gasteiger partial charge < -0.3 is 37.6 Å². The zero-order valence-corrected chi connectivity index (χ0v) is 17.9. The van der Waals surface area contributed by atoms with Gasteiger partial charge in [0.25, 0.3) is 0 Å². The first-order valence-corrected chi connectivity index (χ1v) is 9.95. The number of nitrogens with two attached hydrogens (primary N) is 2. The second-order valence-corrected chi connectivity index (χ2v) is 7.49. The summed E-state index contributed by atoms with van der Waals surface area (Å²) in [4.78, 5) is 58.8. The van der Waals surface area contributed by atoms with E-state index in [9.17, 15) is 29.1 Å². The van der Waals surface area contributed by atoms with Gasteiger partial charge in [-0.05, 0) is 18.8 Å². The van der Waals surface area contributed by atoms with E-state index >= 15 is 0 Å². The quantitative estimate of drug-likeness (QED) is 0.128. The summed E-state index contributed by atoms with van der Waals surface area (Å²) >= 11 is 3.87. The largest absolute Gasteiger partial charge is 0.480 e. The second kappa shape index (κ2) is 13.8. The van der Waals surface area contributed by atoms with Crippen LogP contribution in [-0.2, 0) is 24.0 Å². The van der Waals surface area contributed by atoms with Crippen molar-refractivity contribution < 1.29 is 34.2 Å². The van der Waals surface area contributed by atoms with Crippen molar-refractivity contribution in [3.05, 3.63) is 0 Å². The number of carboxylic acid groups (broad SMARTS) is 1. The molecule has 0 heterocycles. The molecule has 30 heavy (non-hydrogen) atoms. The van der Waals surface area contributed by atoms with E-state index in [0.717, 1.165) is 0 Å². The Kier molecular flexibility index (Phi) is 12.7. The fourth-order valence-corrected chi connectivity index (χ4v) is 2.58. The van der Waals surface area contributed by atoms with Crippen LogP contribution in [0.4, 0.5) is 0 Å². The van der Waals surface area contributed by atoms with Crippen LogP contribution in [-0.4, -0.2) is 76.3 Å². The summed E-state index contributed by atoms with van der Waals surface area (Å²) in [5.74, 6) is -4.48. The van der Waals surface area contributed by atoms with Gasteiger partial charge in [-0.1, -0.05) is 13.8 Å². The van der Waals surface area contributed by atoms with Crippen LogP contribution in [0, 0.1) is 5.92 Å². The van der Waals surface area contributed by atoms with Gasteiger partial charge in [-0.25, -0.2) is 4.79 Å². The third kappa shape index (κ3) is 10.4. The summed E-state index contributed by atoms with van der Waals surface area (Å²) in [6.45, 7) is 2.82. The maximum Gasteiger partial charge on any atom is 0.327 e. The Bertz CT molecular complexity index is 632. The van der Waals surface area contributed by atoms with Gasteiger partial charge in [0, 0.05) is 12.2 Å². The van der Waals surface area contributed by atoms with E-state index in [1.807, 2.05) is 0 Å². The first-order valence-electron chi connectivity index (χ1n) is 9.32. The number of aliphatic carboxylic acids is 1. The maximum atomic E-state index is 12.5. The minimum Gasteiger partial charge on any atom is -0.480 e. The van der Waals surface area contributed by atoms with E-state index in [1.54, 1.807) is 13.8 Å². The molecule has 0 aromatic heterocycles. The number of aliphatic hydroxyl groups excluding tert-OH is 1. The minimum atomic E-state index is -1.40. The van der Waals surface area contributed by atoms with Gasteiger partial charge in [-0.15, -0.1) is 0 Å². The summed E-state index contributed by atoms with van der Waals surface area (Å²) in [6, 6.07) is -4.88. The molecule has 172 valence electrons. The van der Waals surface area contributed by atoms with Crippen LogP contribution in [0.15, 0.2) is 0 Å². The molecule has 0 saturated carbocycles. The fourth-order valence-electron chi connectivity index (χ4n) is 2.33. The normalized spacial score (nSPS) is 14.9. The predicted octanol–water partition coefficient (Wildman–Crippen LogP) is -2.91. The molecule has 0 aromatic rings. The second-order valence-electron chi connectivity index (χ2n) is 7.13. The molecular formula is C17H31N5O7S. The van der Waals surface area contributed by atoms with Gasteiger partial charge >= 0.3 is 5.97 Å². The number of aliphatic hydroxyl groups is 1. The lowest BCUT2D eigenvalue weighted by atomic mass is 10.0.